The van der Waals surface area contributed by atoms with Crippen molar-refractivity contribution in [3.05, 3.63) is 47.2 Å². The van der Waals surface area contributed by atoms with Gasteiger partial charge >= 0.3 is 15.6 Å². The summed E-state index contributed by atoms with van der Waals surface area (Å²) in [6, 6.07) is 3.51. The van der Waals surface area contributed by atoms with Gasteiger partial charge in [0.1, 0.15) is 17.3 Å². The Kier molecular flexibility index (Phi) is 6.69. The standard InChI is InChI=1S/C19H23F3O5S/c1-5-7-13(15-10-11-16(25-3)12(2)18(15)26-4)14-8-6-9-17(14)27-28(23,24)19(20,21)22/h5,10-11,13H,1,6-9H2,2-4H3. The van der Waals surface area contributed by atoms with Crippen LogP contribution in [0.25, 0.3) is 0 Å². The van der Waals surface area contributed by atoms with Crippen molar-refractivity contribution >= 4 is 10.1 Å². The molecule has 0 N–H and O–H groups in total. The summed E-state index contributed by atoms with van der Waals surface area (Å²) in [5.74, 6) is 0.566. The van der Waals surface area contributed by atoms with Gasteiger partial charge < -0.3 is 13.7 Å². The largest absolute Gasteiger partial charge is 0.534 e. The molecule has 5 nitrogen and oxygen atoms in total. The second-order valence-electron chi connectivity index (χ2n) is 6.38. The second kappa shape index (κ2) is 8.46. The molecular weight excluding hydrogens is 397 g/mol. The minimum Gasteiger partial charge on any atom is -0.496 e. The lowest BCUT2D eigenvalue weighted by atomic mass is 9.85. The van der Waals surface area contributed by atoms with Gasteiger partial charge in [0.05, 0.1) is 14.2 Å². The number of hydrogen-bond donors (Lipinski definition) is 0. The van der Waals surface area contributed by atoms with Crippen LogP contribution in [0.2, 0.25) is 0 Å². The molecule has 1 aromatic rings. The molecule has 0 heterocycles. The van der Waals surface area contributed by atoms with Gasteiger partial charge in [-0.25, -0.2) is 0 Å². The molecule has 156 valence electrons. The van der Waals surface area contributed by atoms with Crippen LogP contribution in [0.4, 0.5) is 13.2 Å². The molecule has 1 aliphatic carbocycles. The highest BCUT2D eigenvalue weighted by molar-refractivity contribution is 7.87. The average molecular weight is 420 g/mol. The van der Waals surface area contributed by atoms with E-state index >= 15 is 0 Å². The predicted octanol–water partition coefficient (Wildman–Crippen LogP) is 4.98. The molecule has 0 fully saturated rings. The molecule has 1 aromatic carbocycles. The Balaban J connectivity index is 2.57. The van der Waals surface area contributed by atoms with Crippen LogP contribution in [0, 0.1) is 6.92 Å². The Bertz CT molecular complexity index is 872. The van der Waals surface area contributed by atoms with Crippen LogP contribution in [0.5, 0.6) is 11.5 Å². The average Bonchev–Trinajstić information content (AvgIpc) is 3.05. The molecule has 0 bridgehead atoms. The van der Waals surface area contributed by atoms with Gasteiger partial charge in [0.15, 0.2) is 0 Å². The van der Waals surface area contributed by atoms with Crippen LogP contribution in [0.15, 0.2) is 36.1 Å². The topological polar surface area (TPSA) is 61.8 Å². The smallest absolute Gasteiger partial charge is 0.496 e. The van der Waals surface area contributed by atoms with Gasteiger partial charge in [0.2, 0.25) is 0 Å². The normalized spacial score (nSPS) is 16.1. The zero-order valence-corrected chi connectivity index (χ0v) is 16.7. The molecule has 0 aromatic heterocycles. The van der Waals surface area contributed by atoms with Gasteiger partial charge in [-0.2, -0.15) is 21.6 Å². The summed E-state index contributed by atoms with van der Waals surface area (Å²) in [6.45, 7) is 5.53. The summed E-state index contributed by atoms with van der Waals surface area (Å²) < 4.78 is 76.6. The van der Waals surface area contributed by atoms with Gasteiger partial charge in [-0.15, -0.1) is 6.58 Å². The molecule has 1 unspecified atom stereocenters. The number of benzene rings is 1. The Hall–Kier alpha value is -2.16. The number of halogens is 3. The molecule has 0 spiro atoms. The quantitative estimate of drug-likeness (QED) is 0.337. The van der Waals surface area contributed by atoms with Gasteiger partial charge in [-0.1, -0.05) is 12.1 Å². The van der Waals surface area contributed by atoms with E-state index in [0.717, 1.165) is 5.56 Å². The minimum absolute atomic E-state index is 0.121. The number of ether oxygens (including phenoxy) is 2. The Morgan fingerprint density at radius 1 is 1.21 bits per heavy atom. The zero-order valence-electron chi connectivity index (χ0n) is 15.9. The summed E-state index contributed by atoms with van der Waals surface area (Å²) in [7, 11) is -2.70. The van der Waals surface area contributed by atoms with Crippen molar-refractivity contribution in [2.75, 3.05) is 14.2 Å². The van der Waals surface area contributed by atoms with E-state index < -0.39 is 21.5 Å². The molecule has 9 heteroatoms. The fourth-order valence-electron chi connectivity index (χ4n) is 3.47. The second-order valence-corrected chi connectivity index (χ2v) is 7.92. The third-order valence-electron chi connectivity index (χ3n) is 4.71. The van der Waals surface area contributed by atoms with E-state index in [-0.39, 0.29) is 12.2 Å². The van der Waals surface area contributed by atoms with Crippen LogP contribution in [-0.4, -0.2) is 28.1 Å². The van der Waals surface area contributed by atoms with Crippen molar-refractivity contribution in [2.45, 2.75) is 44.0 Å². The first-order chi connectivity index (χ1) is 13.1. The summed E-state index contributed by atoms with van der Waals surface area (Å²) in [4.78, 5) is 0. The molecule has 0 radical (unpaired) electrons. The highest BCUT2D eigenvalue weighted by atomic mass is 32.2. The van der Waals surface area contributed by atoms with Crippen LogP contribution < -0.4 is 9.47 Å². The molecule has 28 heavy (non-hydrogen) atoms. The number of rotatable bonds is 8. The van der Waals surface area contributed by atoms with Crippen LogP contribution in [-0.2, 0) is 14.3 Å². The first-order valence-electron chi connectivity index (χ1n) is 8.62. The van der Waals surface area contributed by atoms with E-state index in [0.29, 0.717) is 41.9 Å². The van der Waals surface area contributed by atoms with Gasteiger partial charge in [0, 0.05) is 23.5 Å². The maximum Gasteiger partial charge on any atom is 0.534 e. The highest BCUT2D eigenvalue weighted by Crippen LogP contribution is 2.46. The maximum absolute atomic E-state index is 12.8. The molecule has 0 saturated carbocycles. The van der Waals surface area contributed by atoms with E-state index in [4.69, 9.17) is 9.47 Å². The van der Waals surface area contributed by atoms with Crippen molar-refractivity contribution in [3.8, 4) is 11.5 Å². The number of methoxy groups -OCH3 is 2. The van der Waals surface area contributed by atoms with Gasteiger partial charge in [-0.3, -0.25) is 0 Å². The van der Waals surface area contributed by atoms with Crippen molar-refractivity contribution in [1.29, 1.82) is 0 Å². The van der Waals surface area contributed by atoms with Crippen LogP contribution in [0.3, 0.4) is 0 Å². The Morgan fingerprint density at radius 3 is 2.43 bits per heavy atom. The summed E-state index contributed by atoms with van der Waals surface area (Å²) >= 11 is 0. The third-order valence-corrected chi connectivity index (χ3v) is 5.70. The van der Waals surface area contributed by atoms with Crippen molar-refractivity contribution in [3.63, 3.8) is 0 Å². The highest BCUT2D eigenvalue weighted by Gasteiger charge is 2.49. The van der Waals surface area contributed by atoms with E-state index in [2.05, 4.69) is 10.8 Å². The van der Waals surface area contributed by atoms with Crippen LogP contribution >= 0.6 is 0 Å². The van der Waals surface area contributed by atoms with Gasteiger partial charge in [0.25, 0.3) is 0 Å². The Labute approximate surface area is 162 Å². The van der Waals surface area contributed by atoms with Gasteiger partial charge in [-0.05, 0) is 37.8 Å². The van der Waals surface area contributed by atoms with Crippen molar-refractivity contribution in [1.82, 2.24) is 0 Å². The lowest BCUT2D eigenvalue weighted by Crippen LogP contribution is -2.25. The van der Waals surface area contributed by atoms with E-state index in [9.17, 15) is 21.6 Å². The molecule has 1 aliphatic rings. The summed E-state index contributed by atoms with van der Waals surface area (Å²) in [5, 5.41) is 0. The van der Waals surface area contributed by atoms with E-state index in [1.807, 2.05) is 0 Å². The lowest BCUT2D eigenvalue weighted by molar-refractivity contribution is -0.0523. The SMILES string of the molecule is C=CCC(C1=C(OS(=O)(=O)C(F)(F)F)CCC1)c1ccc(OC)c(C)c1OC. The zero-order chi connectivity index (χ0) is 21.1. The Morgan fingerprint density at radius 2 is 1.89 bits per heavy atom. The molecular formula is C19H23F3O5S. The predicted molar refractivity (Wildman–Crippen MR) is 98.8 cm³/mol. The first kappa shape index (κ1) is 22.1. The fraction of sp³-hybridized carbons (Fsp3) is 0.474. The molecule has 0 saturated heterocycles. The first-order valence-corrected chi connectivity index (χ1v) is 10.0. The van der Waals surface area contributed by atoms with E-state index in [1.54, 1.807) is 25.1 Å². The summed E-state index contributed by atoms with van der Waals surface area (Å²) in [6.07, 6.45) is 3.07. The number of hydrogen-bond acceptors (Lipinski definition) is 5. The van der Waals surface area contributed by atoms with E-state index in [1.165, 1.54) is 14.2 Å². The maximum atomic E-state index is 12.8. The fourth-order valence-corrected chi connectivity index (χ4v) is 4.02. The van der Waals surface area contributed by atoms with Crippen LogP contribution in [0.1, 0.15) is 42.7 Å². The molecule has 0 amide bonds. The third kappa shape index (κ3) is 4.29. The summed E-state index contributed by atoms with van der Waals surface area (Å²) in [5.41, 5.74) is -3.52. The van der Waals surface area contributed by atoms with Crippen molar-refractivity contribution < 1.29 is 35.2 Å². The molecule has 1 atom stereocenters. The lowest BCUT2D eigenvalue weighted by Gasteiger charge is -2.23. The number of allylic oxidation sites excluding steroid dienone is 3. The number of alkyl halides is 3. The molecule has 2 rings (SSSR count). The minimum atomic E-state index is -5.71. The van der Waals surface area contributed by atoms with Crippen molar-refractivity contribution in [2.24, 2.45) is 0 Å². The monoisotopic (exact) mass is 420 g/mol. The molecule has 0 aliphatic heterocycles.